The van der Waals surface area contributed by atoms with Crippen molar-refractivity contribution in [1.82, 2.24) is 10.2 Å². The fourth-order valence-electron chi connectivity index (χ4n) is 1.97. The number of nitrogens with two attached hydrogens (primary N) is 1. The van der Waals surface area contributed by atoms with Crippen molar-refractivity contribution in [3.8, 4) is 0 Å². The number of hydrogen-bond acceptors (Lipinski definition) is 3. The third-order valence-corrected chi connectivity index (χ3v) is 2.85. The second-order valence-corrected chi connectivity index (χ2v) is 4.19. The Morgan fingerprint density at radius 2 is 2.29 bits per heavy atom. The van der Waals surface area contributed by atoms with Crippen molar-refractivity contribution in [1.29, 1.82) is 0 Å². The van der Waals surface area contributed by atoms with Crippen LogP contribution in [0.1, 0.15) is 11.1 Å². The lowest BCUT2D eigenvalue weighted by molar-refractivity contribution is -0.124. The zero-order chi connectivity index (χ0) is 12.3. The number of piperazine rings is 1. The predicted molar refractivity (Wildman–Crippen MR) is 62.6 cm³/mol. The van der Waals surface area contributed by atoms with Crippen molar-refractivity contribution in [2.45, 2.75) is 13.1 Å². The van der Waals surface area contributed by atoms with Gasteiger partial charge in [-0.3, -0.25) is 9.69 Å². The smallest absolute Gasteiger partial charge is 0.234 e. The van der Waals surface area contributed by atoms with Crippen LogP contribution < -0.4 is 11.1 Å². The zero-order valence-corrected chi connectivity index (χ0v) is 9.58. The predicted octanol–water partition coefficient (Wildman–Crippen LogP) is 0.216. The third kappa shape index (κ3) is 3.01. The SMILES string of the molecule is NCc1cc(CN2CCNC(=O)C2)ccc1F. The zero-order valence-electron chi connectivity index (χ0n) is 9.58. The molecule has 0 radical (unpaired) electrons. The molecule has 0 atom stereocenters. The van der Waals surface area contributed by atoms with Crippen LogP contribution >= 0.6 is 0 Å². The summed E-state index contributed by atoms with van der Waals surface area (Å²) < 4.78 is 13.3. The van der Waals surface area contributed by atoms with Gasteiger partial charge in [0.15, 0.2) is 0 Å². The molecule has 3 N–H and O–H groups in total. The summed E-state index contributed by atoms with van der Waals surface area (Å²) in [5, 5.41) is 2.77. The number of amides is 1. The number of rotatable bonds is 3. The summed E-state index contributed by atoms with van der Waals surface area (Å²) in [6.45, 7) is 2.74. The van der Waals surface area contributed by atoms with E-state index in [2.05, 4.69) is 5.32 Å². The maximum Gasteiger partial charge on any atom is 0.234 e. The van der Waals surface area contributed by atoms with Gasteiger partial charge in [0.25, 0.3) is 0 Å². The largest absolute Gasteiger partial charge is 0.354 e. The number of hydrogen-bond donors (Lipinski definition) is 2. The molecule has 17 heavy (non-hydrogen) atoms. The minimum atomic E-state index is -0.271. The van der Waals surface area contributed by atoms with Crippen LogP contribution in [0.15, 0.2) is 18.2 Å². The average molecular weight is 237 g/mol. The number of carbonyl (C=O) groups is 1. The summed E-state index contributed by atoms with van der Waals surface area (Å²) in [4.78, 5) is 13.2. The first-order valence-corrected chi connectivity index (χ1v) is 5.65. The van der Waals surface area contributed by atoms with E-state index in [9.17, 15) is 9.18 Å². The first-order chi connectivity index (χ1) is 8.19. The molecule has 0 bridgehead atoms. The van der Waals surface area contributed by atoms with Crippen molar-refractivity contribution < 1.29 is 9.18 Å². The quantitative estimate of drug-likeness (QED) is 0.790. The Bertz CT molecular complexity index is 422. The summed E-state index contributed by atoms with van der Waals surface area (Å²) in [7, 11) is 0. The van der Waals surface area contributed by atoms with E-state index in [1.807, 2.05) is 4.90 Å². The highest BCUT2D eigenvalue weighted by Crippen LogP contribution is 2.12. The summed E-state index contributed by atoms with van der Waals surface area (Å²) >= 11 is 0. The van der Waals surface area contributed by atoms with Gasteiger partial charge in [-0.15, -0.1) is 0 Å². The van der Waals surface area contributed by atoms with E-state index in [1.165, 1.54) is 6.07 Å². The van der Waals surface area contributed by atoms with Gasteiger partial charge in [0.05, 0.1) is 6.54 Å². The van der Waals surface area contributed by atoms with Gasteiger partial charge < -0.3 is 11.1 Å². The Kier molecular flexibility index (Phi) is 3.71. The second-order valence-electron chi connectivity index (χ2n) is 4.19. The van der Waals surface area contributed by atoms with Crippen LogP contribution in [0.2, 0.25) is 0 Å². The molecule has 0 aromatic heterocycles. The average Bonchev–Trinajstić information content (AvgIpc) is 2.32. The Hall–Kier alpha value is -1.46. The summed E-state index contributed by atoms with van der Waals surface area (Å²) in [6, 6.07) is 4.93. The first kappa shape index (κ1) is 12.0. The molecule has 1 aliphatic rings. The highest BCUT2D eigenvalue weighted by atomic mass is 19.1. The minimum Gasteiger partial charge on any atom is -0.354 e. The fraction of sp³-hybridized carbons (Fsp3) is 0.417. The van der Waals surface area contributed by atoms with Crippen LogP contribution in [0.5, 0.6) is 0 Å². The number of carbonyl (C=O) groups excluding carboxylic acids is 1. The molecular weight excluding hydrogens is 221 g/mol. The normalized spacial score (nSPS) is 16.9. The van der Waals surface area contributed by atoms with Gasteiger partial charge in [0, 0.05) is 31.7 Å². The number of benzene rings is 1. The van der Waals surface area contributed by atoms with Crippen molar-refractivity contribution >= 4 is 5.91 Å². The van der Waals surface area contributed by atoms with Crippen molar-refractivity contribution in [2.24, 2.45) is 5.73 Å². The van der Waals surface area contributed by atoms with E-state index in [1.54, 1.807) is 12.1 Å². The van der Waals surface area contributed by atoms with Crippen LogP contribution in [-0.4, -0.2) is 30.4 Å². The van der Waals surface area contributed by atoms with Crippen LogP contribution in [0.4, 0.5) is 4.39 Å². The van der Waals surface area contributed by atoms with E-state index in [0.717, 1.165) is 12.1 Å². The molecule has 5 heteroatoms. The van der Waals surface area contributed by atoms with Gasteiger partial charge in [-0.2, -0.15) is 0 Å². The Morgan fingerprint density at radius 1 is 1.47 bits per heavy atom. The monoisotopic (exact) mass is 237 g/mol. The van der Waals surface area contributed by atoms with Crippen LogP contribution in [-0.2, 0) is 17.9 Å². The van der Waals surface area contributed by atoms with Gasteiger partial charge in [0.1, 0.15) is 5.82 Å². The molecule has 0 saturated carbocycles. The lowest BCUT2D eigenvalue weighted by Gasteiger charge is -2.26. The van der Waals surface area contributed by atoms with Gasteiger partial charge in [-0.25, -0.2) is 4.39 Å². The Labute approximate surface area is 99.6 Å². The second kappa shape index (κ2) is 5.25. The minimum absolute atomic E-state index is 0.0393. The number of halogens is 1. The van der Waals surface area contributed by atoms with Gasteiger partial charge in [0.2, 0.25) is 5.91 Å². The topological polar surface area (TPSA) is 58.4 Å². The number of nitrogens with one attached hydrogen (secondary N) is 1. The lowest BCUT2D eigenvalue weighted by atomic mass is 10.1. The molecule has 1 heterocycles. The fourth-order valence-corrected chi connectivity index (χ4v) is 1.97. The lowest BCUT2D eigenvalue weighted by Crippen LogP contribution is -2.47. The molecule has 1 aromatic carbocycles. The highest BCUT2D eigenvalue weighted by molar-refractivity contribution is 5.78. The summed E-state index contributed by atoms with van der Waals surface area (Å²) in [5.41, 5.74) is 6.96. The summed E-state index contributed by atoms with van der Waals surface area (Å²) in [5.74, 6) is -0.231. The van der Waals surface area contributed by atoms with E-state index >= 15 is 0 Å². The summed E-state index contributed by atoms with van der Waals surface area (Å²) in [6.07, 6.45) is 0. The van der Waals surface area contributed by atoms with Crippen molar-refractivity contribution in [3.05, 3.63) is 35.1 Å². The van der Waals surface area contributed by atoms with E-state index in [0.29, 0.717) is 25.2 Å². The van der Waals surface area contributed by atoms with E-state index < -0.39 is 0 Å². The maximum atomic E-state index is 13.3. The Balaban J connectivity index is 2.05. The van der Waals surface area contributed by atoms with Gasteiger partial charge in [-0.1, -0.05) is 12.1 Å². The molecule has 1 aromatic rings. The van der Waals surface area contributed by atoms with Crippen LogP contribution in [0.25, 0.3) is 0 Å². The molecule has 0 unspecified atom stereocenters. The van der Waals surface area contributed by atoms with Crippen LogP contribution in [0, 0.1) is 5.82 Å². The standard InChI is InChI=1S/C12H16FN3O/c13-11-2-1-9(5-10(11)6-14)7-16-4-3-15-12(17)8-16/h1-2,5H,3-4,6-8,14H2,(H,15,17). The number of nitrogens with zero attached hydrogens (tertiary/aromatic N) is 1. The highest BCUT2D eigenvalue weighted by Gasteiger charge is 2.16. The Morgan fingerprint density at radius 3 is 3.00 bits per heavy atom. The molecule has 0 spiro atoms. The molecule has 2 rings (SSSR count). The molecule has 92 valence electrons. The first-order valence-electron chi connectivity index (χ1n) is 5.65. The molecule has 1 fully saturated rings. The third-order valence-electron chi connectivity index (χ3n) is 2.85. The molecule has 4 nitrogen and oxygen atoms in total. The van der Waals surface area contributed by atoms with E-state index in [-0.39, 0.29) is 18.3 Å². The van der Waals surface area contributed by atoms with Crippen molar-refractivity contribution in [2.75, 3.05) is 19.6 Å². The molecule has 1 saturated heterocycles. The van der Waals surface area contributed by atoms with Gasteiger partial charge >= 0.3 is 0 Å². The molecule has 1 aliphatic heterocycles. The van der Waals surface area contributed by atoms with Crippen molar-refractivity contribution in [3.63, 3.8) is 0 Å². The molecule has 1 amide bonds. The van der Waals surface area contributed by atoms with E-state index in [4.69, 9.17) is 5.73 Å². The molecular formula is C12H16FN3O. The maximum absolute atomic E-state index is 13.3. The molecule has 0 aliphatic carbocycles. The van der Waals surface area contributed by atoms with Crippen LogP contribution in [0.3, 0.4) is 0 Å². The van der Waals surface area contributed by atoms with Gasteiger partial charge in [-0.05, 0) is 11.6 Å².